The Morgan fingerprint density at radius 3 is 2.63 bits per heavy atom. The topological polar surface area (TPSA) is 102 Å². The molecule has 0 saturated heterocycles. The van der Waals surface area contributed by atoms with Crippen molar-refractivity contribution < 1.29 is 19.7 Å². The summed E-state index contributed by atoms with van der Waals surface area (Å²) in [4.78, 5) is 26.6. The van der Waals surface area contributed by atoms with Gasteiger partial charge in [-0.1, -0.05) is 12.1 Å². The molecule has 1 aromatic carbocycles. The lowest BCUT2D eigenvalue weighted by molar-refractivity contribution is -0.385. The van der Waals surface area contributed by atoms with Crippen LogP contribution < -0.4 is 5.48 Å². The third kappa shape index (κ3) is 4.65. The number of amides is 1. The van der Waals surface area contributed by atoms with Crippen molar-refractivity contribution in [2.75, 3.05) is 0 Å². The number of nitrogens with one attached hydrogen (secondary N) is 1. The third-order valence-corrected chi connectivity index (χ3v) is 2.10. The van der Waals surface area contributed by atoms with E-state index >= 15 is 0 Å². The molecule has 0 fully saturated rings. The number of nitrogens with zero attached hydrogens (tertiary/aromatic N) is 1. The SMILES string of the molecule is CC(C)(C)ONC(=O)C(O)c1cccc([N+](=O)[O-])c1. The minimum atomic E-state index is -1.53. The molecular weight excluding hydrogens is 252 g/mol. The molecule has 0 saturated carbocycles. The standard InChI is InChI=1S/C12H16N2O5/c1-12(2,3)19-13-11(16)10(15)8-5-4-6-9(7-8)14(17)18/h4-7,10,15H,1-3H3,(H,13,16). The normalized spacial score (nSPS) is 12.8. The van der Waals surface area contributed by atoms with E-state index in [0.717, 1.165) is 6.07 Å². The summed E-state index contributed by atoms with van der Waals surface area (Å²) in [7, 11) is 0. The first kappa shape index (κ1) is 15.1. The molecule has 0 aliphatic carbocycles. The molecule has 0 aliphatic rings. The van der Waals surface area contributed by atoms with E-state index in [1.807, 2.05) is 0 Å². The summed E-state index contributed by atoms with van der Waals surface area (Å²) in [5, 5.41) is 20.4. The molecule has 19 heavy (non-hydrogen) atoms. The molecule has 0 aliphatic heterocycles. The Labute approximate surface area is 110 Å². The van der Waals surface area contributed by atoms with Crippen LogP contribution in [-0.2, 0) is 9.63 Å². The van der Waals surface area contributed by atoms with E-state index in [1.165, 1.54) is 18.2 Å². The second-order valence-electron chi connectivity index (χ2n) is 4.94. The van der Waals surface area contributed by atoms with Gasteiger partial charge in [-0.3, -0.25) is 19.7 Å². The number of non-ortho nitro benzene ring substituents is 1. The van der Waals surface area contributed by atoms with Crippen molar-refractivity contribution >= 4 is 11.6 Å². The maximum Gasteiger partial charge on any atom is 0.276 e. The Morgan fingerprint density at radius 2 is 2.11 bits per heavy atom. The van der Waals surface area contributed by atoms with Crippen LogP contribution in [0.15, 0.2) is 24.3 Å². The molecule has 1 unspecified atom stereocenters. The van der Waals surface area contributed by atoms with Gasteiger partial charge < -0.3 is 5.11 Å². The molecule has 7 heteroatoms. The van der Waals surface area contributed by atoms with Crippen LogP contribution in [0.2, 0.25) is 0 Å². The van der Waals surface area contributed by atoms with Crippen molar-refractivity contribution in [3.05, 3.63) is 39.9 Å². The number of hydrogen-bond acceptors (Lipinski definition) is 5. The number of hydroxylamine groups is 1. The quantitative estimate of drug-likeness (QED) is 0.636. The number of aliphatic hydroxyl groups is 1. The monoisotopic (exact) mass is 268 g/mol. The molecule has 1 aromatic rings. The van der Waals surface area contributed by atoms with Gasteiger partial charge in [-0.05, 0) is 26.3 Å². The summed E-state index contributed by atoms with van der Waals surface area (Å²) in [5.74, 6) is -0.782. The highest BCUT2D eigenvalue weighted by Gasteiger charge is 2.21. The predicted molar refractivity (Wildman–Crippen MR) is 67.0 cm³/mol. The summed E-state index contributed by atoms with van der Waals surface area (Å²) in [6.45, 7) is 5.19. The van der Waals surface area contributed by atoms with E-state index in [1.54, 1.807) is 20.8 Å². The maximum absolute atomic E-state index is 11.6. The van der Waals surface area contributed by atoms with Crippen LogP contribution in [-0.4, -0.2) is 21.5 Å². The number of rotatable bonds is 4. The number of carbonyl (C=O) groups excluding carboxylic acids is 1. The van der Waals surface area contributed by atoms with Gasteiger partial charge in [-0.15, -0.1) is 0 Å². The average Bonchev–Trinajstić information content (AvgIpc) is 2.34. The van der Waals surface area contributed by atoms with Gasteiger partial charge in [-0.25, -0.2) is 5.48 Å². The maximum atomic E-state index is 11.6. The number of hydrogen-bond donors (Lipinski definition) is 2. The zero-order valence-corrected chi connectivity index (χ0v) is 10.9. The lowest BCUT2D eigenvalue weighted by Crippen LogP contribution is -2.36. The van der Waals surface area contributed by atoms with Crippen molar-refractivity contribution in [3.8, 4) is 0 Å². The molecule has 0 aromatic heterocycles. The van der Waals surface area contributed by atoms with Gasteiger partial charge in [0.1, 0.15) is 0 Å². The minimum absolute atomic E-state index is 0.129. The van der Waals surface area contributed by atoms with E-state index in [9.17, 15) is 20.0 Å². The van der Waals surface area contributed by atoms with E-state index < -0.39 is 22.5 Å². The summed E-state index contributed by atoms with van der Waals surface area (Å²) >= 11 is 0. The van der Waals surface area contributed by atoms with Crippen LogP contribution >= 0.6 is 0 Å². The smallest absolute Gasteiger partial charge is 0.276 e. The summed E-state index contributed by atoms with van der Waals surface area (Å²) < 4.78 is 0. The molecule has 0 heterocycles. The summed E-state index contributed by atoms with van der Waals surface area (Å²) in [6, 6.07) is 5.24. The van der Waals surface area contributed by atoms with Crippen molar-refractivity contribution in [3.63, 3.8) is 0 Å². The Morgan fingerprint density at radius 1 is 1.47 bits per heavy atom. The van der Waals surface area contributed by atoms with E-state index in [-0.39, 0.29) is 11.3 Å². The van der Waals surface area contributed by atoms with Gasteiger partial charge in [0.05, 0.1) is 10.5 Å². The molecule has 104 valence electrons. The van der Waals surface area contributed by atoms with Crippen molar-refractivity contribution in [1.82, 2.24) is 5.48 Å². The number of nitro groups is 1. The van der Waals surface area contributed by atoms with Crippen LogP contribution in [0.5, 0.6) is 0 Å². The van der Waals surface area contributed by atoms with Gasteiger partial charge in [0.2, 0.25) is 0 Å². The minimum Gasteiger partial charge on any atom is -0.378 e. The second-order valence-corrected chi connectivity index (χ2v) is 4.94. The molecule has 2 N–H and O–H groups in total. The van der Waals surface area contributed by atoms with Gasteiger partial charge in [0.25, 0.3) is 11.6 Å². The second kappa shape index (κ2) is 5.77. The molecular formula is C12H16N2O5. The zero-order chi connectivity index (χ0) is 14.6. The zero-order valence-electron chi connectivity index (χ0n) is 10.9. The Hall–Kier alpha value is -1.99. The molecule has 0 bridgehead atoms. The Kier molecular flexibility index (Phi) is 4.57. The number of carbonyl (C=O) groups is 1. The summed E-state index contributed by atoms with van der Waals surface area (Å²) in [5.41, 5.74) is 1.45. The molecule has 0 radical (unpaired) electrons. The average molecular weight is 268 g/mol. The van der Waals surface area contributed by atoms with Crippen LogP contribution in [0.25, 0.3) is 0 Å². The highest BCUT2D eigenvalue weighted by Crippen LogP contribution is 2.19. The first-order valence-electron chi connectivity index (χ1n) is 5.61. The first-order valence-corrected chi connectivity index (χ1v) is 5.61. The Balaban J connectivity index is 2.77. The van der Waals surface area contributed by atoms with Crippen LogP contribution in [0.3, 0.4) is 0 Å². The fourth-order valence-electron chi connectivity index (χ4n) is 1.22. The van der Waals surface area contributed by atoms with Crippen LogP contribution in [0.1, 0.15) is 32.4 Å². The predicted octanol–water partition coefficient (Wildman–Crippen LogP) is 1.47. The Bertz CT molecular complexity index is 481. The number of aliphatic hydroxyl groups excluding tert-OH is 1. The number of benzene rings is 1. The van der Waals surface area contributed by atoms with Crippen LogP contribution in [0.4, 0.5) is 5.69 Å². The van der Waals surface area contributed by atoms with Crippen molar-refractivity contribution in [1.29, 1.82) is 0 Å². The van der Waals surface area contributed by atoms with Gasteiger partial charge in [0.15, 0.2) is 6.10 Å². The number of nitro benzene ring substituents is 1. The van der Waals surface area contributed by atoms with Crippen LogP contribution in [0, 0.1) is 10.1 Å². The molecule has 1 amide bonds. The molecule has 0 spiro atoms. The highest BCUT2D eigenvalue weighted by atomic mass is 16.7. The molecule has 1 rings (SSSR count). The molecule has 7 nitrogen and oxygen atoms in total. The van der Waals surface area contributed by atoms with Gasteiger partial charge in [0, 0.05) is 12.1 Å². The highest BCUT2D eigenvalue weighted by molar-refractivity contribution is 5.81. The third-order valence-electron chi connectivity index (χ3n) is 2.10. The summed E-state index contributed by atoms with van der Waals surface area (Å²) in [6.07, 6.45) is -1.53. The lowest BCUT2D eigenvalue weighted by atomic mass is 10.1. The van der Waals surface area contributed by atoms with Crippen molar-refractivity contribution in [2.24, 2.45) is 0 Å². The van der Waals surface area contributed by atoms with Crippen molar-refractivity contribution in [2.45, 2.75) is 32.5 Å². The molecule has 1 atom stereocenters. The fraction of sp³-hybridized carbons (Fsp3) is 0.417. The first-order chi connectivity index (χ1) is 8.70. The van der Waals surface area contributed by atoms with E-state index in [4.69, 9.17) is 4.84 Å². The van der Waals surface area contributed by atoms with Gasteiger partial charge in [-0.2, -0.15) is 0 Å². The van der Waals surface area contributed by atoms with Gasteiger partial charge >= 0.3 is 0 Å². The van der Waals surface area contributed by atoms with E-state index in [2.05, 4.69) is 5.48 Å². The largest absolute Gasteiger partial charge is 0.378 e. The lowest BCUT2D eigenvalue weighted by Gasteiger charge is -2.20. The fourth-order valence-corrected chi connectivity index (χ4v) is 1.22. The van der Waals surface area contributed by atoms with E-state index in [0.29, 0.717) is 0 Å².